The molecule has 0 saturated heterocycles. The Morgan fingerprint density at radius 2 is 1.05 bits per heavy atom. The molecule has 3 rings (SSSR count). The molecule has 0 saturated carbocycles. The zero-order valence-corrected chi connectivity index (χ0v) is 40.8. The normalized spacial score (nSPS) is 12.4. The molecule has 10 heteroatoms. The molecule has 3 aromatic carbocycles. The maximum Gasteiger partial charge on any atom is 0.343 e. The van der Waals surface area contributed by atoms with E-state index >= 15 is 0 Å². The summed E-state index contributed by atoms with van der Waals surface area (Å²) in [4.78, 5) is 25.3. The Hall–Kier alpha value is -2.90. The zero-order valence-electron chi connectivity index (χ0n) is 37.8. The summed E-state index contributed by atoms with van der Waals surface area (Å²) in [5.74, 6) is 0.501. The molecule has 0 aliphatic carbocycles. The average molecular weight is 855 g/mol. The van der Waals surface area contributed by atoms with E-state index in [1.807, 2.05) is 43.3 Å². The molecular weight excluding hydrogens is 777 g/mol. The van der Waals surface area contributed by atoms with Gasteiger partial charge in [-0.2, -0.15) is 13.5 Å². The summed E-state index contributed by atoms with van der Waals surface area (Å²) >= 11 is 0. The molecule has 0 heterocycles. The van der Waals surface area contributed by atoms with E-state index in [1.165, 1.54) is 38.5 Å². The van der Waals surface area contributed by atoms with Crippen LogP contribution < -0.4 is 9.47 Å². The topological polar surface area (TPSA) is 80.3 Å². The van der Waals surface area contributed by atoms with Gasteiger partial charge in [0.25, 0.3) is 0 Å². The van der Waals surface area contributed by atoms with Crippen molar-refractivity contribution >= 4 is 42.1 Å². The summed E-state index contributed by atoms with van der Waals surface area (Å²) in [5.41, 5.74) is 2.90. The lowest BCUT2D eigenvalue weighted by Crippen LogP contribution is -2.42. The molecule has 0 amide bonds. The second kappa shape index (κ2) is 29.3. The number of hydrogen-bond acceptors (Lipinski definition) is 7. The van der Waals surface area contributed by atoms with E-state index in [2.05, 4.69) is 60.4 Å². The molecule has 58 heavy (non-hydrogen) atoms. The van der Waals surface area contributed by atoms with Gasteiger partial charge in [-0.15, -0.1) is 0 Å². The van der Waals surface area contributed by atoms with Crippen molar-refractivity contribution in [1.82, 2.24) is 0 Å². The number of hydrogen-bond donors (Lipinski definition) is 0. The average Bonchev–Trinajstić information content (AvgIpc) is 3.16. The minimum absolute atomic E-state index is 0. The van der Waals surface area contributed by atoms with Crippen LogP contribution in [0.4, 0.5) is 0 Å². The molecule has 0 aliphatic rings. The van der Waals surface area contributed by atoms with Crippen LogP contribution in [0.15, 0.2) is 72.8 Å². The van der Waals surface area contributed by atoms with Crippen LogP contribution in [0.1, 0.15) is 139 Å². The van der Waals surface area contributed by atoms with Crippen LogP contribution in [0.2, 0.25) is 38.8 Å². The van der Waals surface area contributed by atoms with Gasteiger partial charge in [-0.3, -0.25) is 0 Å². The molecule has 0 aromatic heterocycles. The Balaban J connectivity index is 0.00000122. The van der Waals surface area contributed by atoms with Crippen molar-refractivity contribution < 1.29 is 32.7 Å². The predicted octanol–water partition coefficient (Wildman–Crippen LogP) is 14.2. The second-order valence-corrected chi connectivity index (χ2v) is 25.9. The van der Waals surface area contributed by atoms with Crippen LogP contribution in [0.25, 0.3) is 11.1 Å². The largest absolute Gasteiger partial charge is 0.490 e. The third-order valence-electron chi connectivity index (χ3n) is 9.47. The van der Waals surface area contributed by atoms with Gasteiger partial charge in [0.2, 0.25) is 0 Å². The molecule has 7 nitrogen and oxygen atoms in total. The molecule has 1 unspecified atom stereocenters. The van der Waals surface area contributed by atoms with Crippen LogP contribution in [0, 0.1) is 0 Å². The van der Waals surface area contributed by atoms with Gasteiger partial charge >= 0.3 is 11.9 Å². The maximum atomic E-state index is 12.9. The molecule has 3 aromatic rings. The van der Waals surface area contributed by atoms with E-state index in [-0.39, 0.29) is 31.7 Å². The molecule has 326 valence electrons. The quantitative estimate of drug-likeness (QED) is 0.0344. The van der Waals surface area contributed by atoms with Gasteiger partial charge in [0.1, 0.15) is 11.5 Å². The van der Waals surface area contributed by atoms with Crippen molar-refractivity contribution in [1.29, 1.82) is 0 Å². The van der Waals surface area contributed by atoms with Crippen molar-refractivity contribution in [2.24, 2.45) is 0 Å². The molecule has 0 fully saturated rings. The molecule has 0 spiro atoms. The lowest BCUT2D eigenvalue weighted by Gasteiger charge is -2.32. The Kier molecular flexibility index (Phi) is 26.9. The lowest BCUT2D eigenvalue weighted by molar-refractivity contribution is 0.0323. The van der Waals surface area contributed by atoms with Gasteiger partial charge in [-0.25, -0.2) is 9.59 Å². The Bertz CT molecular complexity index is 1520. The highest BCUT2D eigenvalue weighted by atomic mass is 32.1. The number of benzene rings is 3. The van der Waals surface area contributed by atoms with Crippen molar-refractivity contribution in [3.8, 4) is 22.6 Å². The van der Waals surface area contributed by atoms with Crippen molar-refractivity contribution in [3.63, 3.8) is 0 Å². The molecule has 0 aliphatic heterocycles. The highest BCUT2D eigenvalue weighted by Gasteiger charge is 2.29. The molecule has 0 bridgehead atoms. The van der Waals surface area contributed by atoms with E-state index in [9.17, 15) is 9.59 Å². The van der Waals surface area contributed by atoms with Crippen LogP contribution in [-0.4, -0.2) is 54.0 Å². The monoisotopic (exact) mass is 855 g/mol. The van der Waals surface area contributed by atoms with Crippen LogP contribution in [0.5, 0.6) is 11.5 Å². The predicted molar refractivity (Wildman–Crippen MR) is 253 cm³/mol. The van der Waals surface area contributed by atoms with Crippen molar-refractivity contribution in [2.45, 2.75) is 169 Å². The number of ether oxygens (including phenoxy) is 4. The maximum absolute atomic E-state index is 12.9. The van der Waals surface area contributed by atoms with E-state index in [1.54, 1.807) is 36.4 Å². The minimum Gasteiger partial charge on any atom is -0.490 e. The first-order chi connectivity index (χ1) is 27.2. The van der Waals surface area contributed by atoms with Crippen LogP contribution >= 0.6 is 13.5 Å². The van der Waals surface area contributed by atoms with E-state index in [4.69, 9.17) is 23.1 Å². The molecular formula is C48H78O7SSi2. The third kappa shape index (κ3) is 23.0. The van der Waals surface area contributed by atoms with Gasteiger partial charge in [-0.05, 0) is 137 Å². The van der Waals surface area contributed by atoms with Gasteiger partial charge in [0.05, 0.1) is 23.3 Å². The summed E-state index contributed by atoms with van der Waals surface area (Å²) in [7, 11) is -3.21. The number of carbonyl (C=O) groups excluding carboxylic acids is 2. The number of esters is 2. The second-order valence-electron chi connectivity index (χ2n) is 16.8. The summed E-state index contributed by atoms with van der Waals surface area (Å²) in [6, 6.07) is 23.0. The van der Waals surface area contributed by atoms with Gasteiger partial charge in [-0.1, -0.05) is 103 Å². The first-order valence-corrected chi connectivity index (χ1v) is 28.4. The SMILES string of the molecule is CCCCC(CCC[Si](C)(C)O[Si](C)(C)C)Oc1ccc(C(=O)Oc2ccc(-c3ccc(C(=O)O[C@@H](C)CCC)cc3)cc2)cc1.CCCCCOCCCCC.S. The van der Waals surface area contributed by atoms with Crippen molar-refractivity contribution in [3.05, 3.63) is 83.9 Å². The van der Waals surface area contributed by atoms with Crippen molar-refractivity contribution in [2.75, 3.05) is 13.2 Å². The fourth-order valence-electron chi connectivity index (χ4n) is 6.60. The minimum atomic E-state index is -1.68. The third-order valence-corrected chi connectivity index (χ3v) is 15.7. The summed E-state index contributed by atoms with van der Waals surface area (Å²) < 4.78 is 29.5. The summed E-state index contributed by atoms with van der Waals surface area (Å²) in [5, 5.41) is 0. The first kappa shape index (κ1) is 53.1. The molecule has 0 radical (unpaired) electrons. The Morgan fingerprint density at radius 3 is 1.57 bits per heavy atom. The number of unbranched alkanes of at least 4 members (excludes halogenated alkanes) is 5. The molecule has 0 N–H and O–H groups in total. The van der Waals surface area contributed by atoms with Crippen LogP contribution in [0.3, 0.4) is 0 Å². The zero-order chi connectivity index (χ0) is 42.1. The standard InChI is InChI=1S/C38H54O6Si2.C10H22O.H2S/c1-9-11-14-34(15-12-28-46(7,8)44-45(4,5)6)42-35-26-22-33(23-27-35)38(40)43-36-24-20-31(21-25-36)30-16-18-32(19-17-30)37(39)41-29(3)13-10-2;1-3-5-7-9-11-10-8-6-4-2;/h16-27,29,34H,9-15,28H2,1-8H3;3-10H2,1-2H3;1H2/t29-,34?;;/m0../s1. The van der Waals surface area contributed by atoms with E-state index in [0.29, 0.717) is 16.9 Å². The fourth-order valence-corrected chi connectivity index (χ4v) is 14.7. The Labute approximate surface area is 362 Å². The summed E-state index contributed by atoms with van der Waals surface area (Å²) in [6.07, 6.45) is 14.9. The van der Waals surface area contributed by atoms with Crippen LogP contribution in [-0.2, 0) is 13.6 Å². The van der Waals surface area contributed by atoms with E-state index in [0.717, 1.165) is 81.1 Å². The lowest BCUT2D eigenvalue weighted by atomic mass is 10.0. The van der Waals surface area contributed by atoms with E-state index < -0.39 is 22.6 Å². The first-order valence-electron chi connectivity index (χ1n) is 21.9. The van der Waals surface area contributed by atoms with Gasteiger partial charge in [0.15, 0.2) is 16.6 Å². The molecule has 2 atom stereocenters. The Morgan fingerprint density at radius 1 is 0.569 bits per heavy atom. The number of carbonyl (C=O) groups is 2. The van der Waals surface area contributed by atoms with Gasteiger partial charge < -0.3 is 23.1 Å². The highest BCUT2D eigenvalue weighted by Crippen LogP contribution is 2.26. The van der Waals surface area contributed by atoms with Gasteiger partial charge in [0, 0.05) is 13.2 Å². The smallest absolute Gasteiger partial charge is 0.343 e. The fraction of sp³-hybridized carbons (Fsp3) is 0.583. The summed E-state index contributed by atoms with van der Waals surface area (Å²) in [6.45, 7) is 24.0. The number of rotatable bonds is 26. The highest BCUT2D eigenvalue weighted by molar-refractivity contribution is 7.59.